The number of hydrogen-bond acceptors (Lipinski definition) is 8. The number of aryl methyl sites for hydroxylation is 1. The van der Waals surface area contributed by atoms with Crippen LogP contribution in [0.3, 0.4) is 0 Å². The van der Waals surface area contributed by atoms with Crippen LogP contribution in [0.4, 0.5) is 0 Å². The summed E-state index contributed by atoms with van der Waals surface area (Å²) in [5.74, 6) is 1.18. The van der Waals surface area contributed by atoms with Gasteiger partial charge in [0.1, 0.15) is 17.1 Å². The second-order valence-corrected chi connectivity index (χ2v) is 8.98. The van der Waals surface area contributed by atoms with Crippen LogP contribution in [0.1, 0.15) is 50.6 Å². The summed E-state index contributed by atoms with van der Waals surface area (Å²) in [5, 5.41) is 28.6. The number of likely N-dealkylation sites (tertiary alicyclic amines) is 1. The Kier molecular flexibility index (Phi) is 8.65. The van der Waals surface area contributed by atoms with E-state index < -0.39 is 5.60 Å². The molecule has 1 fully saturated rings. The molecule has 0 spiro atoms. The molecule has 0 saturated carbocycles. The largest absolute Gasteiger partial charge is 0.460 e. The van der Waals surface area contributed by atoms with E-state index in [0.29, 0.717) is 51.6 Å². The Morgan fingerprint density at radius 2 is 2.19 bits per heavy atom. The number of furan rings is 1. The molecule has 4 rings (SSSR count). The number of benzene rings is 1. The molecule has 1 unspecified atom stereocenters. The van der Waals surface area contributed by atoms with Gasteiger partial charge in [-0.1, -0.05) is 0 Å². The van der Waals surface area contributed by atoms with Gasteiger partial charge in [-0.15, -0.1) is 0 Å². The Labute approximate surface area is 215 Å². The number of nitrogens with zero attached hydrogens (tertiary/aromatic N) is 2. The lowest BCUT2D eigenvalue weighted by Gasteiger charge is -2.17. The van der Waals surface area contributed by atoms with E-state index in [4.69, 9.17) is 19.8 Å². The average molecular weight is 506 g/mol. The standard InChI is InChI=1S/C20H19N3O4.C7H12N2O/c1-11-13(10-24)9-23-19(11)16(6-7-21)27-14-4-5-15-17(8-14)26-12(2)18(15)20(25)22-3;1-9-5-3-7(10,6-9)2-4-8/h4-10,21,23H,1-3H3,(H,22,25);10H,2-3,5-6H2,1H3/b16-6+,21-7?;. The van der Waals surface area contributed by atoms with Crippen LogP contribution in [0, 0.1) is 30.6 Å². The fourth-order valence-corrected chi connectivity index (χ4v) is 4.28. The molecule has 3 aromatic rings. The number of β-amino-alcohol motifs (C(OH)–C–C–N with tert-alkyl or cyclic N) is 1. The lowest BCUT2D eigenvalue weighted by atomic mass is 10.0. The monoisotopic (exact) mass is 505 g/mol. The number of amides is 1. The minimum atomic E-state index is -0.719. The van der Waals surface area contributed by atoms with Crippen molar-refractivity contribution in [1.82, 2.24) is 15.2 Å². The summed E-state index contributed by atoms with van der Waals surface area (Å²) >= 11 is 0. The van der Waals surface area contributed by atoms with Crippen LogP contribution in [-0.4, -0.2) is 66.2 Å². The summed E-state index contributed by atoms with van der Waals surface area (Å²) in [6.45, 7) is 5.07. The number of allylic oxidation sites excluding steroid dienone is 1. The predicted octanol–water partition coefficient (Wildman–Crippen LogP) is 3.59. The zero-order valence-corrected chi connectivity index (χ0v) is 21.3. The molecule has 1 atom stereocenters. The van der Waals surface area contributed by atoms with Gasteiger partial charge in [-0.3, -0.25) is 9.59 Å². The molecule has 3 heterocycles. The van der Waals surface area contributed by atoms with E-state index in [1.807, 2.05) is 18.0 Å². The fourth-order valence-electron chi connectivity index (χ4n) is 4.28. The van der Waals surface area contributed by atoms with Gasteiger partial charge in [0.15, 0.2) is 12.0 Å². The first kappa shape index (κ1) is 27.4. The third-order valence-corrected chi connectivity index (χ3v) is 6.24. The van der Waals surface area contributed by atoms with Crippen molar-refractivity contribution in [2.75, 3.05) is 27.2 Å². The smallest absolute Gasteiger partial charge is 0.255 e. The van der Waals surface area contributed by atoms with E-state index in [2.05, 4.69) is 10.3 Å². The summed E-state index contributed by atoms with van der Waals surface area (Å²) in [4.78, 5) is 28.1. The Morgan fingerprint density at radius 3 is 2.76 bits per heavy atom. The molecular formula is C27H31N5O5. The Hall–Kier alpha value is -4.20. The number of nitrogens with one attached hydrogen (secondary N) is 3. The number of ether oxygens (including phenoxy) is 1. The van der Waals surface area contributed by atoms with Crippen LogP contribution in [0.15, 0.2) is 34.9 Å². The number of hydrogen-bond donors (Lipinski definition) is 4. The Bertz CT molecular complexity index is 1380. The number of nitriles is 1. The summed E-state index contributed by atoms with van der Waals surface area (Å²) in [6, 6.07) is 7.16. The van der Waals surface area contributed by atoms with Crippen molar-refractivity contribution in [1.29, 1.82) is 10.7 Å². The second-order valence-electron chi connectivity index (χ2n) is 8.98. The third-order valence-electron chi connectivity index (χ3n) is 6.24. The van der Waals surface area contributed by atoms with E-state index in [0.717, 1.165) is 31.0 Å². The van der Waals surface area contributed by atoms with Crippen molar-refractivity contribution in [3.63, 3.8) is 0 Å². The first-order valence-electron chi connectivity index (χ1n) is 11.7. The van der Waals surface area contributed by atoms with Gasteiger partial charge in [-0.2, -0.15) is 5.26 Å². The molecule has 1 aliphatic heterocycles. The van der Waals surface area contributed by atoms with Gasteiger partial charge in [-0.25, -0.2) is 0 Å². The highest BCUT2D eigenvalue weighted by Gasteiger charge is 2.33. The van der Waals surface area contributed by atoms with Crippen molar-refractivity contribution in [3.05, 3.63) is 58.6 Å². The van der Waals surface area contributed by atoms with Crippen molar-refractivity contribution < 1.29 is 23.8 Å². The quantitative estimate of drug-likeness (QED) is 0.217. The van der Waals surface area contributed by atoms with Crippen LogP contribution in [0.2, 0.25) is 0 Å². The first-order valence-corrected chi connectivity index (χ1v) is 11.7. The molecule has 2 aromatic heterocycles. The highest BCUT2D eigenvalue weighted by atomic mass is 16.5. The summed E-state index contributed by atoms with van der Waals surface area (Å²) in [7, 11) is 3.52. The topological polar surface area (TPSA) is 155 Å². The number of aromatic nitrogens is 1. The fraction of sp³-hybridized carbons (Fsp3) is 0.333. The molecule has 0 aliphatic carbocycles. The third kappa shape index (κ3) is 6.14. The van der Waals surface area contributed by atoms with E-state index >= 15 is 0 Å². The van der Waals surface area contributed by atoms with Gasteiger partial charge in [0.2, 0.25) is 0 Å². The molecule has 1 saturated heterocycles. The van der Waals surface area contributed by atoms with E-state index in [1.54, 1.807) is 45.3 Å². The number of likely N-dealkylation sites (N-methyl/N-ethyl adjacent to an activating group) is 1. The SMILES string of the molecule is CN1CCC(O)(CC#N)C1.CNC(=O)c1c(C)oc2cc(O/C(=C/C=N)c3[nH]cc(C=O)c3C)ccc12. The van der Waals surface area contributed by atoms with E-state index in [9.17, 15) is 14.7 Å². The zero-order valence-electron chi connectivity index (χ0n) is 21.3. The number of rotatable bonds is 7. The maximum atomic E-state index is 12.0. The number of fused-ring (bicyclic) bond motifs is 1. The maximum Gasteiger partial charge on any atom is 0.255 e. The van der Waals surface area contributed by atoms with Crippen molar-refractivity contribution in [2.45, 2.75) is 32.3 Å². The number of aliphatic hydroxyl groups is 1. The molecule has 37 heavy (non-hydrogen) atoms. The Balaban J connectivity index is 0.000000319. The number of carbonyl (C=O) groups excluding carboxylic acids is 2. The minimum absolute atomic E-state index is 0.215. The summed E-state index contributed by atoms with van der Waals surface area (Å²) in [5.41, 5.74) is 2.16. The van der Waals surface area contributed by atoms with E-state index in [-0.39, 0.29) is 12.3 Å². The van der Waals surface area contributed by atoms with Gasteiger partial charge in [0.05, 0.1) is 29.3 Å². The number of H-pyrrole nitrogens is 1. The van der Waals surface area contributed by atoms with E-state index in [1.165, 1.54) is 6.08 Å². The number of carbonyl (C=O) groups is 2. The van der Waals surface area contributed by atoms with Crippen LogP contribution < -0.4 is 10.1 Å². The van der Waals surface area contributed by atoms with Crippen LogP contribution >= 0.6 is 0 Å². The maximum absolute atomic E-state index is 12.0. The molecule has 194 valence electrons. The molecule has 10 heteroatoms. The first-order chi connectivity index (χ1) is 17.7. The highest BCUT2D eigenvalue weighted by molar-refractivity contribution is 6.07. The van der Waals surface area contributed by atoms with Crippen LogP contribution in [-0.2, 0) is 0 Å². The minimum Gasteiger partial charge on any atom is -0.460 e. The number of aldehydes is 1. The Morgan fingerprint density at radius 1 is 1.43 bits per heavy atom. The van der Waals surface area contributed by atoms with Gasteiger partial charge >= 0.3 is 0 Å². The molecule has 10 nitrogen and oxygen atoms in total. The molecule has 0 radical (unpaired) electrons. The van der Waals surface area contributed by atoms with Crippen molar-refractivity contribution >= 4 is 35.1 Å². The lowest BCUT2D eigenvalue weighted by Crippen LogP contribution is -2.31. The van der Waals surface area contributed by atoms with Crippen molar-refractivity contribution in [3.8, 4) is 11.8 Å². The van der Waals surface area contributed by atoms with Crippen molar-refractivity contribution in [2.24, 2.45) is 0 Å². The van der Waals surface area contributed by atoms with Crippen LogP contribution in [0.25, 0.3) is 16.7 Å². The molecule has 1 amide bonds. The predicted molar refractivity (Wildman–Crippen MR) is 140 cm³/mol. The molecule has 4 N–H and O–H groups in total. The molecule has 1 aromatic carbocycles. The molecule has 1 aliphatic rings. The molecular weight excluding hydrogens is 474 g/mol. The normalized spacial score (nSPS) is 17.6. The van der Waals surface area contributed by atoms with Crippen LogP contribution in [0.5, 0.6) is 5.75 Å². The lowest BCUT2D eigenvalue weighted by molar-refractivity contribution is 0.0568. The highest BCUT2D eigenvalue weighted by Crippen LogP contribution is 2.31. The second kappa shape index (κ2) is 11.7. The van der Waals surface area contributed by atoms with Gasteiger partial charge < -0.3 is 34.9 Å². The molecule has 0 bridgehead atoms. The van der Waals surface area contributed by atoms with Gasteiger partial charge in [0, 0.05) is 55.6 Å². The number of aromatic amines is 1. The zero-order chi connectivity index (χ0) is 27.2. The van der Waals surface area contributed by atoms with Gasteiger partial charge in [-0.05, 0) is 45.0 Å². The summed E-state index contributed by atoms with van der Waals surface area (Å²) < 4.78 is 11.6. The summed E-state index contributed by atoms with van der Waals surface area (Å²) in [6.07, 6.45) is 5.94. The van der Waals surface area contributed by atoms with Gasteiger partial charge in [0.25, 0.3) is 5.91 Å². The average Bonchev–Trinajstić information content (AvgIpc) is 3.51.